The van der Waals surface area contributed by atoms with Gasteiger partial charge < -0.3 is 5.73 Å². The Hall–Kier alpha value is -3.88. The molecule has 27 heavy (non-hydrogen) atoms. The predicted molar refractivity (Wildman–Crippen MR) is 100 cm³/mol. The Morgan fingerprint density at radius 3 is 2.96 bits per heavy atom. The number of nitrogens with zero attached hydrogens (tertiary/aromatic N) is 6. The number of hydrogen-bond donors (Lipinski definition) is 2. The molecule has 0 radical (unpaired) electrons. The SMILES string of the molecule is C/C(=N/NC(N)=O)c1ccc2nnc(Cc3ccc4ncccc4c3)n2n1. The molecule has 0 saturated heterocycles. The molecule has 0 fully saturated rings. The summed E-state index contributed by atoms with van der Waals surface area (Å²) >= 11 is 0. The highest BCUT2D eigenvalue weighted by molar-refractivity contribution is 5.97. The summed E-state index contributed by atoms with van der Waals surface area (Å²) in [6.45, 7) is 1.73. The van der Waals surface area contributed by atoms with Crippen LogP contribution in [0.4, 0.5) is 4.79 Å². The van der Waals surface area contributed by atoms with E-state index in [0.717, 1.165) is 16.5 Å². The summed E-state index contributed by atoms with van der Waals surface area (Å²) in [5.41, 5.74) is 11.0. The van der Waals surface area contributed by atoms with Crippen molar-refractivity contribution in [2.24, 2.45) is 10.8 Å². The zero-order chi connectivity index (χ0) is 18.8. The lowest BCUT2D eigenvalue weighted by Gasteiger charge is -2.04. The van der Waals surface area contributed by atoms with Crippen molar-refractivity contribution in [2.45, 2.75) is 13.3 Å². The number of rotatable bonds is 4. The summed E-state index contributed by atoms with van der Waals surface area (Å²) < 4.78 is 1.67. The first-order valence-corrected chi connectivity index (χ1v) is 8.25. The summed E-state index contributed by atoms with van der Waals surface area (Å²) in [7, 11) is 0. The van der Waals surface area contributed by atoms with Gasteiger partial charge in [-0.2, -0.15) is 14.7 Å². The van der Waals surface area contributed by atoms with E-state index in [4.69, 9.17) is 5.73 Å². The number of benzene rings is 1. The third-order valence-corrected chi connectivity index (χ3v) is 4.06. The van der Waals surface area contributed by atoms with Gasteiger partial charge in [-0.3, -0.25) is 4.98 Å². The van der Waals surface area contributed by atoms with E-state index in [1.165, 1.54) is 0 Å². The molecule has 3 aromatic heterocycles. The van der Waals surface area contributed by atoms with Gasteiger partial charge in [0.15, 0.2) is 11.5 Å². The first-order chi connectivity index (χ1) is 13.1. The highest BCUT2D eigenvalue weighted by atomic mass is 16.2. The van der Waals surface area contributed by atoms with Gasteiger partial charge in [0.2, 0.25) is 0 Å². The number of fused-ring (bicyclic) bond motifs is 2. The lowest BCUT2D eigenvalue weighted by Crippen LogP contribution is -2.25. The minimum atomic E-state index is -0.730. The van der Waals surface area contributed by atoms with Crippen LogP contribution in [-0.2, 0) is 6.42 Å². The first kappa shape index (κ1) is 16.6. The smallest absolute Gasteiger partial charge is 0.332 e. The van der Waals surface area contributed by atoms with Gasteiger partial charge in [-0.15, -0.1) is 10.2 Å². The van der Waals surface area contributed by atoms with Crippen LogP contribution in [0, 0.1) is 0 Å². The Balaban J connectivity index is 1.67. The number of amides is 2. The molecule has 0 atom stereocenters. The fourth-order valence-corrected chi connectivity index (χ4v) is 2.75. The summed E-state index contributed by atoms with van der Waals surface area (Å²) in [6, 6.07) is 12.8. The van der Waals surface area contributed by atoms with Gasteiger partial charge in [-0.05, 0) is 42.8 Å². The molecule has 3 N–H and O–H groups in total. The van der Waals surface area contributed by atoms with Crippen LogP contribution in [0.2, 0.25) is 0 Å². The third-order valence-electron chi connectivity index (χ3n) is 4.06. The molecule has 1 aromatic carbocycles. The number of carbonyl (C=O) groups excluding carboxylic acids is 1. The van der Waals surface area contributed by atoms with Crippen LogP contribution < -0.4 is 11.2 Å². The molecule has 0 bridgehead atoms. The molecule has 0 saturated carbocycles. The fourth-order valence-electron chi connectivity index (χ4n) is 2.75. The standard InChI is InChI=1S/C18H16N8O/c1-11(21-24-18(19)27)14-6-7-16-22-23-17(26(16)25-14)10-12-4-5-15-13(9-12)3-2-8-20-15/h2-9H,10H2,1H3,(H3,19,24,27)/b21-11-. The summed E-state index contributed by atoms with van der Waals surface area (Å²) in [4.78, 5) is 15.1. The summed E-state index contributed by atoms with van der Waals surface area (Å²) in [6.07, 6.45) is 2.34. The van der Waals surface area contributed by atoms with Crippen LogP contribution >= 0.6 is 0 Å². The van der Waals surface area contributed by atoms with Crippen LogP contribution in [0.1, 0.15) is 24.0 Å². The number of carbonyl (C=O) groups is 1. The van der Waals surface area contributed by atoms with Crippen molar-refractivity contribution in [1.29, 1.82) is 0 Å². The fraction of sp³-hybridized carbons (Fsp3) is 0.111. The predicted octanol–water partition coefficient (Wildman–Crippen LogP) is 1.66. The molecule has 0 spiro atoms. The van der Waals surface area contributed by atoms with Crippen LogP contribution in [0.15, 0.2) is 53.8 Å². The van der Waals surface area contributed by atoms with E-state index in [1.54, 1.807) is 29.8 Å². The van der Waals surface area contributed by atoms with Gasteiger partial charge >= 0.3 is 6.03 Å². The second-order valence-corrected chi connectivity index (χ2v) is 5.99. The largest absolute Gasteiger partial charge is 0.350 e. The van der Waals surface area contributed by atoms with Crippen molar-refractivity contribution < 1.29 is 4.79 Å². The van der Waals surface area contributed by atoms with Gasteiger partial charge in [0, 0.05) is 18.0 Å². The highest BCUT2D eigenvalue weighted by Crippen LogP contribution is 2.16. The zero-order valence-electron chi connectivity index (χ0n) is 14.5. The highest BCUT2D eigenvalue weighted by Gasteiger charge is 2.10. The van der Waals surface area contributed by atoms with E-state index in [9.17, 15) is 4.79 Å². The van der Waals surface area contributed by atoms with E-state index in [0.29, 0.717) is 29.3 Å². The number of pyridine rings is 1. The monoisotopic (exact) mass is 360 g/mol. The summed E-state index contributed by atoms with van der Waals surface area (Å²) in [5, 5.41) is 17.9. The molecule has 0 aliphatic rings. The molecule has 9 nitrogen and oxygen atoms in total. The lowest BCUT2D eigenvalue weighted by molar-refractivity contribution is 0.249. The molecule has 134 valence electrons. The van der Waals surface area contributed by atoms with Crippen LogP contribution in [0.3, 0.4) is 0 Å². The van der Waals surface area contributed by atoms with Gasteiger partial charge in [0.05, 0.1) is 11.2 Å². The van der Waals surface area contributed by atoms with Gasteiger partial charge in [0.25, 0.3) is 0 Å². The molecule has 0 aliphatic carbocycles. The lowest BCUT2D eigenvalue weighted by atomic mass is 10.1. The summed E-state index contributed by atoms with van der Waals surface area (Å²) in [5.74, 6) is 0.700. The normalized spacial score (nSPS) is 11.8. The topological polar surface area (TPSA) is 123 Å². The second-order valence-electron chi connectivity index (χ2n) is 5.99. The maximum atomic E-state index is 10.8. The van der Waals surface area contributed by atoms with Crippen molar-refractivity contribution in [1.82, 2.24) is 30.2 Å². The van der Waals surface area contributed by atoms with Gasteiger partial charge in [-0.25, -0.2) is 10.2 Å². The Morgan fingerprint density at radius 1 is 1.22 bits per heavy atom. The number of hydrogen-bond acceptors (Lipinski definition) is 6. The van der Waals surface area contributed by atoms with Crippen LogP contribution in [0.5, 0.6) is 0 Å². The maximum absolute atomic E-state index is 10.8. The maximum Gasteiger partial charge on any atom is 0.332 e. The third kappa shape index (κ3) is 3.43. The average Bonchev–Trinajstić information content (AvgIpc) is 3.08. The Morgan fingerprint density at radius 2 is 2.11 bits per heavy atom. The van der Waals surface area contributed by atoms with Crippen molar-refractivity contribution in [3.63, 3.8) is 0 Å². The molecular formula is C18H16N8O. The number of urea groups is 1. The van der Waals surface area contributed by atoms with E-state index >= 15 is 0 Å². The van der Waals surface area contributed by atoms with E-state index in [1.807, 2.05) is 24.3 Å². The minimum Gasteiger partial charge on any atom is -0.350 e. The number of hydrazone groups is 1. The second kappa shape index (κ2) is 6.79. The Kier molecular flexibility index (Phi) is 4.17. The van der Waals surface area contributed by atoms with Crippen molar-refractivity contribution in [3.8, 4) is 0 Å². The van der Waals surface area contributed by atoms with Crippen molar-refractivity contribution in [3.05, 3.63) is 65.7 Å². The molecular weight excluding hydrogens is 344 g/mol. The Labute approximate surface area is 153 Å². The molecule has 3 heterocycles. The van der Waals surface area contributed by atoms with E-state index < -0.39 is 6.03 Å². The quantitative estimate of drug-likeness (QED) is 0.423. The molecule has 0 unspecified atom stereocenters. The van der Waals surface area contributed by atoms with Crippen molar-refractivity contribution in [2.75, 3.05) is 0 Å². The molecule has 9 heteroatoms. The van der Waals surface area contributed by atoms with E-state index in [-0.39, 0.29) is 0 Å². The minimum absolute atomic E-state index is 0.520. The van der Waals surface area contributed by atoms with Crippen molar-refractivity contribution >= 4 is 28.3 Å². The number of primary amides is 1. The Bertz CT molecular complexity index is 1180. The number of aromatic nitrogens is 5. The zero-order valence-corrected chi connectivity index (χ0v) is 14.5. The van der Waals surface area contributed by atoms with Crippen LogP contribution in [-0.4, -0.2) is 36.5 Å². The molecule has 4 rings (SSSR count). The average molecular weight is 360 g/mol. The van der Waals surface area contributed by atoms with Gasteiger partial charge in [-0.1, -0.05) is 12.1 Å². The first-order valence-electron chi connectivity index (χ1n) is 8.25. The van der Waals surface area contributed by atoms with Gasteiger partial charge in [0.1, 0.15) is 5.69 Å². The molecule has 0 aliphatic heterocycles. The van der Waals surface area contributed by atoms with Crippen LogP contribution in [0.25, 0.3) is 16.6 Å². The number of nitrogens with two attached hydrogens (primary N) is 1. The molecule has 4 aromatic rings. The number of nitrogens with one attached hydrogen (secondary N) is 1. The molecule has 2 amide bonds. The van der Waals surface area contributed by atoms with E-state index in [2.05, 4.69) is 36.9 Å².